The lowest BCUT2D eigenvalue weighted by molar-refractivity contribution is -0.123. The van der Waals surface area contributed by atoms with Crippen molar-refractivity contribution in [2.45, 2.75) is 26.9 Å². The number of carbonyl (C=O) groups excluding carboxylic acids is 1. The Kier molecular flexibility index (Phi) is 5.78. The molecule has 0 radical (unpaired) electrons. The van der Waals surface area contributed by atoms with Gasteiger partial charge in [0.25, 0.3) is 5.91 Å². The van der Waals surface area contributed by atoms with Crippen molar-refractivity contribution in [2.75, 3.05) is 6.61 Å². The predicted octanol–water partition coefficient (Wildman–Crippen LogP) is 4.04. The molecule has 1 amide bonds. The first-order chi connectivity index (χ1) is 12.5. The second-order valence-corrected chi connectivity index (χ2v) is 6.98. The maximum absolute atomic E-state index is 12.1. The number of imidazole rings is 1. The molecule has 1 N–H and O–H groups in total. The summed E-state index contributed by atoms with van der Waals surface area (Å²) in [6.07, 6.45) is 0. The zero-order valence-corrected chi connectivity index (χ0v) is 15.7. The largest absolute Gasteiger partial charge is 0.484 e. The van der Waals surface area contributed by atoms with Gasteiger partial charge in [0.1, 0.15) is 11.6 Å². The van der Waals surface area contributed by atoms with Crippen LogP contribution in [0.5, 0.6) is 5.75 Å². The number of benzene rings is 2. The summed E-state index contributed by atoms with van der Waals surface area (Å²) in [5.41, 5.74) is 2.03. The molecule has 136 valence electrons. The van der Waals surface area contributed by atoms with Crippen LogP contribution in [0.4, 0.5) is 0 Å². The van der Waals surface area contributed by atoms with Crippen molar-refractivity contribution in [3.8, 4) is 5.75 Å². The number of hydrogen-bond donors (Lipinski definition) is 1. The summed E-state index contributed by atoms with van der Waals surface area (Å²) < 4.78 is 7.63. The van der Waals surface area contributed by atoms with Crippen LogP contribution in [-0.4, -0.2) is 22.1 Å². The van der Waals surface area contributed by atoms with Crippen LogP contribution in [0.15, 0.2) is 48.5 Å². The number of hydrogen-bond acceptors (Lipinski definition) is 3. The molecule has 0 fully saturated rings. The highest BCUT2D eigenvalue weighted by atomic mass is 35.5. The quantitative estimate of drug-likeness (QED) is 0.681. The molecule has 0 bridgehead atoms. The highest BCUT2D eigenvalue weighted by Crippen LogP contribution is 2.18. The molecular formula is C20H22ClN3O2. The van der Waals surface area contributed by atoms with Gasteiger partial charge in [-0.2, -0.15) is 0 Å². The van der Waals surface area contributed by atoms with Crippen molar-refractivity contribution in [2.24, 2.45) is 5.92 Å². The number of rotatable bonds is 7. The standard InChI is InChI=1S/C20H22ClN3O2/c1-14(2)12-24-18-6-4-3-5-17(18)23-19(24)11-22-20(25)13-26-16-9-7-15(21)8-10-16/h3-10,14H,11-13H2,1-2H3,(H,22,25). The van der Waals surface area contributed by atoms with E-state index in [1.165, 1.54) is 0 Å². The fourth-order valence-corrected chi connectivity index (χ4v) is 2.86. The Hall–Kier alpha value is -2.53. The van der Waals surface area contributed by atoms with Gasteiger partial charge in [0.05, 0.1) is 17.6 Å². The molecule has 0 spiro atoms. The van der Waals surface area contributed by atoms with Gasteiger partial charge < -0.3 is 14.6 Å². The zero-order chi connectivity index (χ0) is 18.5. The fourth-order valence-electron chi connectivity index (χ4n) is 2.74. The summed E-state index contributed by atoms with van der Waals surface area (Å²) in [4.78, 5) is 16.8. The van der Waals surface area contributed by atoms with E-state index >= 15 is 0 Å². The molecule has 26 heavy (non-hydrogen) atoms. The van der Waals surface area contributed by atoms with Crippen LogP contribution in [0, 0.1) is 5.92 Å². The summed E-state index contributed by atoms with van der Waals surface area (Å²) >= 11 is 5.83. The molecule has 6 heteroatoms. The van der Waals surface area contributed by atoms with Crippen molar-refractivity contribution >= 4 is 28.5 Å². The third kappa shape index (κ3) is 4.55. The first kappa shape index (κ1) is 18.3. The second-order valence-electron chi connectivity index (χ2n) is 6.54. The minimum atomic E-state index is -0.192. The van der Waals surface area contributed by atoms with Gasteiger partial charge in [-0.05, 0) is 42.3 Å². The minimum Gasteiger partial charge on any atom is -0.484 e. The molecule has 0 atom stereocenters. The lowest BCUT2D eigenvalue weighted by atomic mass is 10.2. The number of fused-ring (bicyclic) bond motifs is 1. The summed E-state index contributed by atoms with van der Waals surface area (Å²) in [6.45, 7) is 5.50. The van der Waals surface area contributed by atoms with E-state index in [4.69, 9.17) is 16.3 Å². The molecule has 3 aromatic rings. The highest BCUT2D eigenvalue weighted by Gasteiger charge is 2.12. The van der Waals surface area contributed by atoms with E-state index in [0.29, 0.717) is 23.2 Å². The first-order valence-corrected chi connectivity index (χ1v) is 9.00. The smallest absolute Gasteiger partial charge is 0.258 e. The van der Waals surface area contributed by atoms with Crippen LogP contribution < -0.4 is 10.1 Å². The van der Waals surface area contributed by atoms with E-state index in [1.54, 1.807) is 24.3 Å². The van der Waals surface area contributed by atoms with Crippen LogP contribution in [0.1, 0.15) is 19.7 Å². The molecule has 0 aliphatic heterocycles. The Morgan fingerprint density at radius 2 is 1.92 bits per heavy atom. The van der Waals surface area contributed by atoms with E-state index in [0.717, 1.165) is 23.4 Å². The summed E-state index contributed by atoms with van der Waals surface area (Å²) in [7, 11) is 0. The zero-order valence-electron chi connectivity index (χ0n) is 14.9. The van der Waals surface area contributed by atoms with Gasteiger partial charge in [0, 0.05) is 11.6 Å². The fraction of sp³-hybridized carbons (Fsp3) is 0.300. The SMILES string of the molecule is CC(C)Cn1c(CNC(=O)COc2ccc(Cl)cc2)nc2ccccc21. The molecule has 0 aliphatic carbocycles. The molecule has 5 nitrogen and oxygen atoms in total. The predicted molar refractivity (Wildman–Crippen MR) is 103 cm³/mol. The van der Waals surface area contributed by atoms with E-state index in [1.807, 2.05) is 18.2 Å². The number of carbonyl (C=O) groups is 1. The summed E-state index contributed by atoms with van der Waals surface area (Å²) in [5, 5.41) is 3.51. The van der Waals surface area contributed by atoms with Crippen molar-refractivity contribution in [1.29, 1.82) is 0 Å². The number of ether oxygens (including phenoxy) is 1. The molecule has 2 aromatic carbocycles. The molecule has 1 heterocycles. The van der Waals surface area contributed by atoms with Crippen LogP contribution in [-0.2, 0) is 17.9 Å². The van der Waals surface area contributed by atoms with Crippen LogP contribution in [0.2, 0.25) is 5.02 Å². The summed E-state index contributed by atoms with van der Waals surface area (Å²) in [5.74, 6) is 1.75. The van der Waals surface area contributed by atoms with E-state index in [9.17, 15) is 4.79 Å². The third-order valence-electron chi connectivity index (χ3n) is 3.91. The van der Waals surface area contributed by atoms with Gasteiger partial charge in [0.15, 0.2) is 6.61 Å². The van der Waals surface area contributed by atoms with Gasteiger partial charge in [-0.3, -0.25) is 4.79 Å². The maximum atomic E-state index is 12.1. The molecular weight excluding hydrogens is 350 g/mol. The Bertz CT molecular complexity index is 888. The highest BCUT2D eigenvalue weighted by molar-refractivity contribution is 6.30. The van der Waals surface area contributed by atoms with Gasteiger partial charge in [0.2, 0.25) is 0 Å². The minimum absolute atomic E-state index is 0.0496. The Balaban J connectivity index is 1.63. The second kappa shape index (κ2) is 8.23. The first-order valence-electron chi connectivity index (χ1n) is 8.62. The van der Waals surface area contributed by atoms with E-state index in [-0.39, 0.29) is 12.5 Å². The normalized spacial score (nSPS) is 11.1. The van der Waals surface area contributed by atoms with E-state index < -0.39 is 0 Å². The van der Waals surface area contributed by atoms with Crippen molar-refractivity contribution in [3.05, 3.63) is 59.4 Å². The van der Waals surface area contributed by atoms with E-state index in [2.05, 4.69) is 34.8 Å². The lowest BCUT2D eigenvalue weighted by Crippen LogP contribution is -2.29. The van der Waals surface area contributed by atoms with Crippen LogP contribution in [0.3, 0.4) is 0 Å². The molecule has 0 unspecified atom stereocenters. The molecule has 0 saturated carbocycles. The molecule has 0 saturated heterocycles. The number of para-hydroxylation sites is 2. The monoisotopic (exact) mass is 371 g/mol. The topological polar surface area (TPSA) is 56.2 Å². The van der Waals surface area contributed by atoms with Gasteiger partial charge in [-0.1, -0.05) is 37.6 Å². The average Bonchev–Trinajstić information content (AvgIpc) is 2.96. The Labute approximate surface area is 157 Å². The average molecular weight is 372 g/mol. The number of nitrogens with one attached hydrogen (secondary N) is 1. The van der Waals surface area contributed by atoms with Crippen molar-refractivity contribution in [1.82, 2.24) is 14.9 Å². The van der Waals surface area contributed by atoms with Crippen LogP contribution in [0.25, 0.3) is 11.0 Å². The number of halogens is 1. The summed E-state index contributed by atoms with van der Waals surface area (Å²) in [6, 6.07) is 14.9. The van der Waals surface area contributed by atoms with Crippen molar-refractivity contribution < 1.29 is 9.53 Å². The van der Waals surface area contributed by atoms with Gasteiger partial charge in [-0.15, -0.1) is 0 Å². The maximum Gasteiger partial charge on any atom is 0.258 e. The molecule has 1 aromatic heterocycles. The lowest BCUT2D eigenvalue weighted by Gasteiger charge is -2.12. The van der Waals surface area contributed by atoms with Gasteiger partial charge >= 0.3 is 0 Å². The number of amides is 1. The van der Waals surface area contributed by atoms with Crippen molar-refractivity contribution in [3.63, 3.8) is 0 Å². The van der Waals surface area contributed by atoms with Gasteiger partial charge in [-0.25, -0.2) is 4.98 Å². The third-order valence-corrected chi connectivity index (χ3v) is 4.16. The Morgan fingerprint density at radius 3 is 2.65 bits per heavy atom. The van der Waals surface area contributed by atoms with Crippen LogP contribution >= 0.6 is 11.6 Å². The molecule has 3 rings (SSSR count). The Morgan fingerprint density at radius 1 is 1.19 bits per heavy atom. The number of aromatic nitrogens is 2. The molecule has 0 aliphatic rings. The number of nitrogens with zero attached hydrogens (tertiary/aromatic N) is 2.